The molecule has 86 valence electrons. The van der Waals surface area contributed by atoms with E-state index in [1.807, 2.05) is 0 Å². The van der Waals surface area contributed by atoms with Gasteiger partial charge in [0.1, 0.15) is 0 Å². The molecule has 0 amide bonds. The van der Waals surface area contributed by atoms with Crippen molar-refractivity contribution in [3.05, 3.63) is 24.3 Å². The van der Waals surface area contributed by atoms with Gasteiger partial charge in [-0.1, -0.05) is 24.3 Å². The summed E-state index contributed by atoms with van der Waals surface area (Å²) in [5.74, 6) is 0. The lowest BCUT2D eigenvalue weighted by Gasteiger charge is -2.11. The van der Waals surface area contributed by atoms with Gasteiger partial charge in [0, 0.05) is 12.2 Å². The molecule has 0 fully saturated rings. The largest absolute Gasteiger partial charge is 0.409 e. The van der Waals surface area contributed by atoms with Gasteiger partial charge in [-0.3, -0.25) is 0 Å². The molecule has 0 spiro atoms. The first-order valence-corrected chi connectivity index (χ1v) is 7.33. The molecule has 0 aliphatic heterocycles. The van der Waals surface area contributed by atoms with Crippen LogP contribution in [0.15, 0.2) is 24.3 Å². The molecule has 1 rings (SSSR count). The van der Waals surface area contributed by atoms with Crippen molar-refractivity contribution in [1.29, 1.82) is 0 Å². The van der Waals surface area contributed by atoms with E-state index in [1.165, 1.54) is 10.4 Å². The lowest BCUT2D eigenvalue weighted by atomic mass is 10.4. The molecule has 0 aliphatic rings. The summed E-state index contributed by atoms with van der Waals surface area (Å²) in [5.41, 5.74) is 0. The van der Waals surface area contributed by atoms with Gasteiger partial charge in [-0.05, 0) is 38.1 Å². The van der Waals surface area contributed by atoms with E-state index in [2.05, 4.69) is 52.0 Å². The third kappa shape index (κ3) is 5.07. The summed E-state index contributed by atoms with van der Waals surface area (Å²) in [5, 5.41) is 2.52. The van der Waals surface area contributed by atoms with Gasteiger partial charge in [-0.15, -0.1) is 0 Å². The molecule has 0 aromatic heterocycles. The van der Waals surface area contributed by atoms with Gasteiger partial charge in [0.25, 0.3) is 19.5 Å². The van der Waals surface area contributed by atoms with Crippen molar-refractivity contribution in [2.24, 2.45) is 0 Å². The Morgan fingerprint density at radius 2 is 1.19 bits per heavy atom. The summed E-state index contributed by atoms with van der Waals surface area (Å²) in [6.07, 6.45) is 0.557. The van der Waals surface area contributed by atoms with Gasteiger partial charge in [-0.2, -0.15) is 0 Å². The molecule has 0 bridgehead atoms. The summed E-state index contributed by atoms with van der Waals surface area (Å²) in [7, 11) is 0.828. The molecule has 4 radical (unpaired) electrons. The fraction of sp³-hybridized carbons (Fsp3) is 0.500. The van der Waals surface area contributed by atoms with Crippen LogP contribution in [0.25, 0.3) is 0 Å². The molecule has 0 unspecified atom stereocenters. The molecule has 1 aromatic carbocycles. The lowest BCUT2D eigenvalue weighted by molar-refractivity contribution is 0.258. The smallest absolute Gasteiger partial charge is 0.269 e. The van der Waals surface area contributed by atoms with Crippen LogP contribution < -0.4 is 10.4 Å². The first-order valence-electron chi connectivity index (χ1n) is 5.52. The molecular formula is C12H18O2Si2. The zero-order valence-corrected chi connectivity index (χ0v) is 12.3. The quantitative estimate of drug-likeness (QED) is 0.702. The summed E-state index contributed by atoms with van der Waals surface area (Å²) in [4.78, 5) is 0. The molecule has 0 heterocycles. The fourth-order valence-electron chi connectivity index (χ4n) is 1.02. The van der Waals surface area contributed by atoms with Crippen molar-refractivity contribution < 1.29 is 8.85 Å². The van der Waals surface area contributed by atoms with Gasteiger partial charge in [0.2, 0.25) is 0 Å². The van der Waals surface area contributed by atoms with Crippen LogP contribution in [0.1, 0.15) is 27.7 Å². The SMILES string of the molecule is CC(C)O[Si]c1ccccc1[Si]OC(C)C. The topological polar surface area (TPSA) is 18.5 Å². The predicted octanol–water partition coefficient (Wildman–Crippen LogP) is 1.03. The second kappa shape index (κ2) is 7.01. The third-order valence-electron chi connectivity index (χ3n) is 1.74. The van der Waals surface area contributed by atoms with Crippen LogP contribution in [0.4, 0.5) is 0 Å². The molecule has 0 saturated carbocycles. The molecule has 16 heavy (non-hydrogen) atoms. The van der Waals surface area contributed by atoms with Crippen LogP contribution in [-0.4, -0.2) is 31.7 Å². The average Bonchev–Trinajstić information content (AvgIpc) is 2.24. The Morgan fingerprint density at radius 3 is 1.50 bits per heavy atom. The monoisotopic (exact) mass is 250 g/mol. The maximum atomic E-state index is 5.65. The zero-order chi connectivity index (χ0) is 12.0. The van der Waals surface area contributed by atoms with Crippen molar-refractivity contribution in [3.8, 4) is 0 Å². The Kier molecular flexibility index (Phi) is 5.97. The first kappa shape index (κ1) is 13.6. The highest BCUT2D eigenvalue weighted by atomic mass is 28.2. The Bertz CT molecular complexity index is 283. The third-order valence-corrected chi connectivity index (χ3v) is 4.48. The first-order chi connectivity index (χ1) is 7.59. The van der Waals surface area contributed by atoms with Gasteiger partial charge in [-0.25, -0.2) is 0 Å². The number of hydrogen-bond acceptors (Lipinski definition) is 2. The molecule has 0 saturated heterocycles. The summed E-state index contributed by atoms with van der Waals surface area (Å²) < 4.78 is 11.3. The minimum atomic E-state index is 0.278. The van der Waals surface area contributed by atoms with E-state index >= 15 is 0 Å². The summed E-state index contributed by atoms with van der Waals surface area (Å²) >= 11 is 0. The maximum absolute atomic E-state index is 5.65. The van der Waals surface area contributed by atoms with E-state index in [9.17, 15) is 0 Å². The Hall–Kier alpha value is -0.426. The number of hydrogen-bond donors (Lipinski definition) is 0. The molecule has 4 heteroatoms. The predicted molar refractivity (Wildman–Crippen MR) is 69.7 cm³/mol. The fourth-order valence-corrected chi connectivity index (χ4v) is 2.77. The number of benzene rings is 1. The van der Waals surface area contributed by atoms with Crippen LogP contribution in [0.5, 0.6) is 0 Å². The lowest BCUT2D eigenvalue weighted by Crippen LogP contribution is -2.39. The molecule has 0 N–H and O–H groups in total. The molecule has 2 nitrogen and oxygen atoms in total. The van der Waals surface area contributed by atoms with Crippen molar-refractivity contribution in [1.82, 2.24) is 0 Å². The van der Waals surface area contributed by atoms with Crippen molar-refractivity contribution >= 4 is 29.9 Å². The van der Waals surface area contributed by atoms with Crippen LogP contribution in [0.3, 0.4) is 0 Å². The van der Waals surface area contributed by atoms with E-state index < -0.39 is 0 Å². The maximum Gasteiger partial charge on any atom is 0.269 e. The molecular weight excluding hydrogens is 232 g/mol. The zero-order valence-electron chi connectivity index (χ0n) is 10.3. The summed E-state index contributed by atoms with van der Waals surface area (Å²) in [6, 6.07) is 8.34. The van der Waals surface area contributed by atoms with Gasteiger partial charge in [0.15, 0.2) is 0 Å². The van der Waals surface area contributed by atoms with Crippen LogP contribution in [0, 0.1) is 0 Å². The van der Waals surface area contributed by atoms with Gasteiger partial charge < -0.3 is 8.85 Å². The van der Waals surface area contributed by atoms with Crippen molar-refractivity contribution in [2.75, 3.05) is 0 Å². The van der Waals surface area contributed by atoms with Crippen molar-refractivity contribution in [3.63, 3.8) is 0 Å². The molecule has 0 aliphatic carbocycles. The van der Waals surface area contributed by atoms with E-state index in [-0.39, 0.29) is 12.2 Å². The second-order valence-corrected chi connectivity index (χ2v) is 6.04. The van der Waals surface area contributed by atoms with Crippen LogP contribution >= 0.6 is 0 Å². The van der Waals surface area contributed by atoms with E-state index in [0.29, 0.717) is 19.5 Å². The van der Waals surface area contributed by atoms with Crippen LogP contribution in [0.2, 0.25) is 0 Å². The van der Waals surface area contributed by atoms with Crippen LogP contribution in [-0.2, 0) is 8.85 Å². The molecule has 0 atom stereocenters. The highest BCUT2D eigenvalue weighted by Gasteiger charge is 2.08. The van der Waals surface area contributed by atoms with E-state index in [0.717, 1.165) is 0 Å². The highest BCUT2D eigenvalue weighted by Crippen LogP contribution is 1.89. The van der Waals surface area contributed by atoms with Gasteiger partial charge >= 0.3 is 0 Å². The Morgan fingerprint density at radius 1 is 0.812 bits per heavy atom. The highest BCUT2D eigenvalue weighted by molar-refractivity contribution is 6.61. The number of rotatable bonds is 6. The Labute approximate surface area is 103 Å². The van der Waals surface area contributed by atoms with Gasteiger partial charge in [0.05, 0.1) is 0 Å². The van der Waals surface area contributed by atoms with Crippen molar-refractivity contribution in [2.45, 2.75) is 39.9 Å². The second-order valence-electron chi connectivity index (χ2n) is 4.08. The molecule has 1 aromatic rings. The summed E-state index contributed by atoms with van der Waals surface area (Å²) in [6.45, 7) is 8.23. The standard InChI is InChI=1S/C12H18O2Si2/c1-9(2)13-15-11-7-5-6-8-12(11)16-14-10(3)4/h5-10H,1-4H3. The average molecular weight is 250 g/mol. The van der Waals surface area contributed by atoms with E-state index in [1.54, 1.807) is 0 Å². The normalized spacial score (nSPS) is 11.4. The minimum absolute atomic E-state index is 0.278. The van der Waals surface area contributed by atoms with E-state index in [4.69, 9.17) is 8.85 Å². The minimum Gasteiger partial charge on any atom is -0.409 e. The Balaban J connectivity index is 2.60.